The first-order valence-electron chi connectivity index (χ1n) is 10.8. The van der Waals surface area contributed by atoms with E-state index in [0.29, 0.717) is 30.0 Å². The van der Waals surface area contributed by atoms with Crippen LogP contribution in [0, 0.1) is 13.8 Å². The maximum atomic E-state index is 13.3. The summed E-state index contributed by atoms with van der Waals surface area (Å²) in [5, 5.41) is 4.45. The fraction of sp³-hybridized carbons (Fsp3) is 0.333. The minimum absolute atomic E-state index is 0.104. The molecule has 0 spiro atoms. The molecular formula is C24H28N4O3S. The molecule has 2 aromatic carbocycles. The minimum Gasteiger partial charge on any atom is -0.336 e. The Hall–Kier alpha value is -2.97. The smallest absolute Gasteiger partial charge is 0.257 e. The van der Waals surface area contributed by atoms with Crippen LogP contribution in [0.1, 0.15) is 34.1 Å². The Kier molecular flexibility index (Phi) is 6.17. The summed E-state index contributed by atoms with van der Waals surface area (Å²) in [7, 11) is -3.59. The molecule has 0 saturated carbocycles. The number of amides is 1. The Bertz CT molecular complexity index is 1230. The van der Waals surface area contributed by atoms with E-state index in [2.05, 4.69) is 5.10 Å². The lowest BCUT2D eigenvalue weighted by molar-refractivity contribution is 0.0696. The monoisotopic (exact) mass is 452 g/mol. The van der Waals surface area contributed by atoms with Gasteiger partial charge in [0, 0.05) is 26.2 Å². The molecule has 1 aliphatic heterocycles. The van der Waals surface area contributed by atoms with Crippen molar-refractivity contribution in [3.05, 3.63) is 77.1 Å². The maximum absolute atomic E-state index is 13.3. The molecule has 2 heterocycles. The van der Waals surface area contributed by atoms with E-state index < -0.39 is 10.0 Å². The number of aryl methyl sites for hydroxylation is 2. The second-order valence-corrected chi connectivity index (χ2v) is 9.98. The van der Waals surface area contributed by atoms with Gasteiger partial charge in [-0.15, -0.1) is 0 Å². The fourth-order valence-electron chi connectivity index (χ4n) is 4.11. The number of carbonyl (C=O) groups is 1. The molecular weight excluding hydrogens is 424 g/mol. The third-order valence-electron chi connectivity index (χ3n) is 5.92. The van der Waals surface area contributed by atoms with Gasteiger partial charge in [0.1, 0.15) is 0 Å². The molecule has 1 saturated heterocycles. The third-order valence-corrected chi connectivity index (χ3v) is 7.96. The van der Waals surface area contributed by atoms with Crippen LogP contribution in [-0.2, 0) is 16.4 Å². The first-order chi connectivity index (χ1) is 15.3. The van der Waals surface area contributed by atoms with Gasteiger partial charge in [0.15, 0.2) is 0 Å². The summed E-state index contributed by atoms with van der Waals surface area (Å²) in [6.07, 6.45) is 2.28. The summed E-state index contributed by atoms with van der Waals surface area (Å²) in [5.41, 5.74) is 3.97. The number of hydrogen-bond donors (Lipinski definition) is 0. The first-order valence-corrected chi connectivity index (χ1v) is 12.3. The summed E-state index contributed by atoms with van der Waals surface area (Å²) >= 11 is 0. The quantitative estimate of drug-likeness (QED) is 0.596. The summed E-state index contributed by atoms with van der Waals surface area (Å²) in [4.78, 5) is 15.3. The van der Waals surface area contributed by atoms with Crippen molar-refractivity contribution in [1.29, 1.82) is 0 Å². The van der Waals surface area contributed by atoms with E-state index >= 15 is 0 Å². The number of para-hydroxylation sites is 1. The molecule has 0 bridgehead atoms. The summed E-state index contributed by atoms with van der Waals surface area (Å²) in [6.45, 7) is 6.94. The summed E-state index contributed by atoms with van der Waals surface area (Å²) < 4.78 is 29.6. The molecule has 0 N–H and O–H groups in total. The highest BCUT2D eigenvalue weighted by Crippen LogP contribution is 2.24. The van der Waals surface area contributed by atoms with E-state index in [1.54, 1.807) is 21.8 Å². The zero-order valence-corrected chi connectivity index (χ0v) is 19.5. The van der Waals surface area contributed by atoms with Crippen LogP contribution >= 0.6 is 0 Å². The molecule has 1 aromatic heterocycles. The molecule has 8 heteroatoms. The van der Waals surface area contributed by atoms with E-state index in [0.717, 1.165) is 22.5 Å². The number of aromatic nitrogens is 2. The van der Waals surface area contributed by atoms with Crippen molar-refractivity contribution in [1.82, 2.24) is 19.0 Å². The SMILES string of the molecule is CCc1c(C(=O)N2CCN(S(=O)(=O)c3cc(C)ccc3C)CC2)cnn1-c1ccccc1. The van der Waals surface area contributed by atoms with Crippen LogP contribution in [0.4, 0.5) is 0 Å². The number of carbonyl (C=O) groups excluding carboxylic acids is 1. The fourth-order valence-corrected chi connectivity index (χ4v) is 5.84. The van der Waals surface area contributed by atoms with Gasteiger partial charge in [-0.05, 0) is 49.6 Å². The largest absolute Gasteiger partial charge is 0.336 e. The average molecular weight is 453 g/mol. The Labute approximate surface area is 189 Å². The second-order valence-electron chi connectivity index (χ2n) is 8.07. The zero-order chi connectivity index (χ0) is 22.9. The van der Waals surface area contributed by atoms with Gasteiger partial charge in [-0.1, -0.05) is 37.3 Å². The molecule has 1 fully saturated rings. The van der Waals surface area contributed by atoms with Crippen molar-refractivity contribution in [2.24, 2.45) is 0 Å². The molecule has 0 unspecified atom stereocenters. The lowest BCUT2D eigenvalue weighted by atomic mass is 10.1. The van der Waals surface area contributed by atoms with Gasteiger partial charge < -0.3 is 4.90 Å². The van der Waals surface area contributed by atoms with Crippen LogP contribution in [0.25, 0.3) is 5.69 Å². The number of hydrogen-bond acceptors (Lipinski definition) is 4. The van der Waals surface area contributed by atoms with Crippen molar-refractivity contribution in [2.75, 3.05) is 26.2 Å². The number of sulfonamides is 1. The zero-order valence-electron chi connectivity index (χ0n) is 18.7. The number of nitrogens with zero attached hydrogens (tertiary/aromatic N) is 4. The van der Waals surface area contributed by atoms with Crippen molar-refractivity contribution in [3.63, 3.8) is 0 Å². The van der Waals surface area contributed by atoms with E-state index in [1.165, 1.54) is 4.31 Å². The van der Waals surface area contributed by atoms with Crippen LogP contribution in [0.3, 0.4) is 0 Å². The first kappa shape index (κ1) is 22.2. The standard InChI is InChI=1S/C24H28N4O3S/c1-4-22-21(17-25-28(22)20-8-6-5-7-9-20)24(29)26-12-14-27(15-13-26)32(30,31)23-16-18(2)10-11-19(23)3/h5-11,16-17H,4,12-15H2,1-3H3. The third kappa shape index (κ3) is 4.08. The van der Waals surface area contributed by atoms with Crippen LogP contribution in [0.5, 0.6) is 0 Å². The lowest BCUT2D eigenvalue weighted by Crippen LogP contribution is -2.50. The Morgan fingerprint density at radius 1 is 1.00 bits per heavy atom. The van der Waals surface area contributed by atoms with Crippen LogP contribution in [0.15, 0.2) is 59.6 Å². The normalized spacial score (nSPS) is 15.2. The Morgan fingerprint density at radius 3 is 2.34 bits per heavy atom. The van der Waals surface area contributed by atoms with Gasteiger partial charge in [0.05, 0.1) is 28.0 Å². The second kappa shape index (κ2) is 8.88. The van der Waals surface area contributed by atoms with Crippen molar-refractivity contribution < 1.29 is 13.2 Å². The number of benzene rings is 2. The molecule has 168 valence electrons. The number of piperazine rings is 1. The van der Waals surface area contributed by atoms with Crippen LogP contribution in [-0.4, -0.2) is 59.5 Å². The highest BCUT2D eigenvalue weighted by atomic mass is 32.2. The molecule has 7 nitrogen and oxygen atoms in total. The molecule has 4 rings (SSSR count). The van der Waals surface area contributed by atoms with Gasteiger partial charge in [-0.3, -0.25) is 4.79 Å². The molecule has 32 heavy (non-hydrogen) atoms. The topological polar surface area (TPSA) is 75.5 Å². The van der Waals surface area contributed by atoms with Crippen molar-refractivity contribution >= 4 is 15.9 Å². The van der Waals surface area contributed by atoms with Gasteiger partial charge in [0.25, 0.3) is 5.91 Å². The Morgan fingerprint density at radius 2 is 1.69 bits per heavy atom. The lowest BCUT2D eigenvalue weighted by Gasteiger charge is -2.34. The maximum Gasteiger partial charge on any atom is 0.257 e. The predicted molar refractivity (Wildman–Crippen MR) is 124 cm³/mol. The van der Waals surface area contributed by atoms with Crippen molar-refractivity contribution in [3.8, 4) is 5.69 Å². The summed E-state index contributed by atoms with van der Waals surface area (Å²) in [5.74, 6) is -0.104. The molecule has 0 atom stereocenters. The van der Waals surface area contributed by atoms with Gasteiger partial charge in [-0.2, -0.15) is 9.40 Å². The molecule has 0 aliphatic carbocycles. The van der Waals surface area contributed by atoms with E-state index in [1.807, 2.05) is 63.2 Å². The van der Waals surface area contributed by atoms with E-state index in [-0.39, 0.29) is 19.0 Å². The van der Waals surface area contributed by atoms with Crippen molar-refractivity contribution in [2.45, 2.75) is 32.1 Å². The predicted octanol–water partition coefficient (Wildman–Crippen LogP) is 3.20. The highest BCUT2D eigenvalue weighted by molar-refractivity contribution is 7.89. The molecule has 1 amide bonds. The molecule has 0 radical (unpaired) electrons. The van der Waals surface area contributed by atoms with Gasteiger partial charge in [0.2, 0.25) is 10.0 Å². The van der Waals surface area contributed by atoms with Gasteiger partial charge in [-0.25, -0.2) is 13.1 Å². The summed E-state index contributed by atoms with van der Waals surface area (Å²) in [6, 6.07) is 15.2. The van der Waals surface area contributed by atoms with E-state index in [4.69, 9.17) is 0 Å². The van der Waals surface area contributed by atoms with E-state index in [9.17, 15) is 13.2 Å². The Balaban J connectivity index is 1.51. The van der Waals surface area contributed by atoms with Crippen LogP contribution < -0.4 is 0 Å². The molecule has 3 aromatic rings. The van der Waals surface area contributed by atoms with Gasteiger partial charge >= 0.3 is 0 Å². The number of rotatable bonds is 5. The highest BCUT2D eigenvalue weighted by Gasteiger charge is 2.32. The van der Waals surface area contributed by atoms with Crippen LogP contribution in [0.2, 0.25) is 0 Å². The molecule has 1 aliphatic rings. The average Bonchev–Trinajstić information content (AvgIpc) is 3.25. The minimum atomic E-state index is -3.59.